The summed E-state index contributed by atoms with van der Waals surface area (Å²) in [6.45, 7) is 5.69. The Hall–Kier alpha value is -5.89. The molecule has 2 aromatic heterocycles. The highest BCUT2D eigenvalue weighted by molar-refractivity contribution is 9.10. The minimum absolute atomic E-state index is 0.0432. The van der Waals surface area contributed by atoms with E-state index in [1.54, 1.807) is 18.3 Å². The Bertz CT molecular complexity index is 2270. The highest BCUT2D eigenvalue weighted by atomic mass is 79.9. The van der Waals surface area contributed by atoms with Gasteiger partial charge in [-0.15, -0.1) is 0 Å². The molecule has 15 heteroatoms. The summed E-state index contributed by atoms with van der Waals surface area (Å²) in [6, 6.07) is 25.7. The third kappa shape index (κ3) is 13.1. The molecule has 0 aliphatic heterocycles. The Morgan fingerprint density at radius 2 is 1.42 bits per heavy atom. The van der Waals surface area contributed by atoms with Gasteiger partial charge in [0, 0.05) is 49.7 Å². The first-order valence-corrected chi connectivity index (χ1v) is 19.6. The lowest BCUT2D eigenvalue weighted by Gasteiger charge is -2.18. The number of nitrogens with one attached hydrogen (secondary N) is 2. The molecule has 0 aliphatic carbocycles. The Kier molecular flexibility index (Phi) is 16.3. The number of pyridine rings is 2. The second-order valence-corrected chi connectivity index (χ2v) is 14.6. The number of nitriles is 1. The van der Waals surface area contributed by atoms with Crippen LogP contribution >= 0.6 is 15.9 Å². The maximum absolute atomic E-state index is 11.0. The topological polar surface area (TPSA) is 216 Å². The lowest BCUT2D eigenvalue weighted by molar-refractivity contribution is -0.140. The lowest BCUT2D eigenvalue weighted by atomic mass is 9.89. The summed E-state index contributed by atoms with van der Waals surface area (Å²) >= 11 is 3.59. The summed E-state index contributed by atoms with van der Waals surface area (Å²) in [5.41, 5.74) is 9.03. The summed E-state index contributed by atoms with van der Waals surface area (Å²) in [7, 11) is 0. The van der Waals surface area contributed by atoms with Gasteiger partial charge in [0.05, 0.1) is 35.1 Å². The van der Waals surface area contributed by atoms with Crippen molar-refractivity contribution in [3.05, 3.63) is 123 Å². The maximum Gasteiger partial charge on any atom is 0.306 e. The molecule has 0 saturated heterocycles. The fraction of sp³-hybridized carbons (Fsp3) is 0.295. The molecule has 5 aromatic rings. The molecule has 3 aromatic carbocycles. The zero-order valence-electron chi connectivity index (χ0n) is 32.7. The Balaban J connectivity index is 1.28. The van der Waals surface area contributed by atoms with E-state index in [1.807, 2.05) is 42.5 Å². The van der Waals surface area contributed by atoms with Crippen LogP contribution in [0.15, 0.2) is 89.7 Å². The molecule has 0 radical (unpaired) electrons. The molecule has 0 aliphatic rings. The van der Waals surface area contributed by atoms with Gasteiger partial charge in [-0.1, -0.05) is 48.5 Å². The fourth-order valence-corrected chi connectivity index (χ4v) is 6.78. The van der Waals surface area contributed by atoms with Gasteiger partial charge in [-0.2, -0.15) is 10.2 Å². The number of carboxylic acid groups (broad SMARTS) is 2. The quantitative estimate of drug-likeness (QED) is 0.0444. The van der Waals surface area contributed by atoms with Gasteiger partial charge in [0.25, 0.3) is 0 Å². The monoisotopic (exact) mass is 867 g/mol. The molecular weight excluding hydrogens is 822 g/mol. The van der Waals surface area contributed by atoms with Crippen LogP contribution < -0.4 is 24.8 Å². The minimum atomic E-state index is -1.10. The average Bonchev–Trinajstić information content (AvgIpc) is 3.20. The minimum Gasteiger partial charge on any atom is -0.492 e. The van der Waals surface area contributed by atoms with E-state index in [4.69, 9.17) is 29.4 Å². The number of aliphatic hydroxyl groups excluding tert-OH is 2. The van der Waals surface area contributed by atoms with E-state index in [2.05, 4.69) is 69.7 Å². The molecule has 5 rings (SSSR count). The van der Waals surface area contributed by atoms with Crippen LogP contribution in [-0.2, 0) is 29.3 Å². The number of carbonyl (C=O) groups is 2. The molecule has 0 amide bonds. The van der Waals surface area contributed by atoms with E-state index in [0.29, 0.717) is 45.9 Å². The molecule has 0 bridgehead atoms. The molecule has 0 spiro atoms. The SMILES string of the molecule is Cc1c(COc2nc(OCc3cncc(C#N)c3)c(CNC[C@@H](O)CC(=O)O)cc2Br)cccc1-c1cccc(-c2ccc(OCCNC[C@@H](O)CC(=O)O)cc2)c1C. The Labute approximate surface area is 350 Å². The van der Waals surface area contributed by atoms with Crippen molar-refractivity contribution in [1.29, 1.82) is 5.26 Å². The third-order valence-corrected chi connectivity index (χ3v) is 9.89. The summed E-state index contributed by atoms with van der Waals surface area (Å²) < 4.78 is 18.8. The first kappa shape index (κ1) is 44.2. The van der Waals surface area contributed by atoms with Crippen molar-refractivity contribution in [3.8, 4) is 45.8 Å². The molecule has 2 heterocycles. The van der Waals surface area contributed by atoms with Crippen molar-refractivity contribution in [2.24, 2.45) is 0 Å². The van der Waals surface area contributed by atoms with Gasteiger partial charge >= 0.3 is 11.9 Å². The number of carboxylic acids is 2. The predicted molar refractivity (Wildman–Crippen MR) is 223 cm³/mol. The number of halogens is 1. The normalized spacial score (nSPS) is 12.0. The van der Waals surface area contributed by atoms with Crippen molar-refractivity contribution in [3.63, 3.8) is 0 Å². The van der Waals surface area contributed by atoms with E-state index < -0.39 is 30.6 Å². The average molecular weight is 869 g/mol. The molecule has 59 heavy (non-hydrogen) atoms. The van der Waals surface area contributed by atoms with Crippen molar-refractivity contribution in [2.75, 3.05) is 26.2 Å². The zero-order valence-corrected chi connectivity index (χ0v) is 34.2. The summed E-state index contributed by atoms with van der Waals surface area (Å²) in [4.78, 5) is 30.5. The number of nitrogens with zero attached hydrogens (tertiary/aromatic N) is 3. The standard InChI is InChI=1S/C44H46BrN5O9/c1-27-32(26-59-44-40(45)16-33(22-49-24-35(52)18-42(55)56)43(50-44)58-25-30-15-29(19-46)20-48-21-30)5-3-7-38(27)39-8-4-6-37(28(39)2)31-9-11-36(12-10-31)57-14-13-47-23-34(51)17-41(53)54/h3-12,15-16,20-21,34-35,47,49,51-52H,13-14,17-18,22-26H2,1-2H3,(H,53,54)(H,55,56)/t34-,35-/m0/s1. The lowest BCUT2D eigenvalue weighted by Crippen LogP contribution is -2.31. The number of aliphatic hydroxyl groups is 2. The summed E-state index contributed by atoms with van der Waals surface area (Å²) in [5.74, 6) is -0.900. The number of hydrogen-bond acceptors (Lipinski definition) is 12. The fourth-order valence-electron chi connectivity index (χ4n) is 6.31. The van der Waals surface area contributed by atoms with Crippen LogP contribution in [0.5, 0.6) is 17.5 Å². The van der Waals surface area contributed by atoms with Crippen molar-refractivity contribution >= 4 is 27.9 Å². The van der Waals surface area contributed by atoms with Gasteiger partial charge < -0.3 is 45.3 Å². The molecule has 0 unspecified atom stereocenters. The molecule has 0 saturated carbocycles. The number of rotatable bonds is 22. The molecule has 6 N–H and O–H groups in total. The van der Waals surface area contributed by atoms with Gasteiger partial charge in [-0.05, 0) is 93.0 Å². The van der Waals surface area contributed by atoms with Crippen molar-refractivity contribution in [2.45, 2.75) is 58.7 Å². The number of hydrogen-bond donors (Lipinski definition) is 6. The van der Waals surface area contributed by atoms with E-state index in [9.17, 15) is 25.1 Å². The Morgan fingerprint density at radius 3 is 2.12 bits per heavy atom. The predicted octanol–water partition coefficient (Wildman–Crippen LogP) is 5.95. The maximum atomic E-state index is 11.0. The van der Waals surface area contributed by atoms with Crippen molar-refractivity contribution in [1.82, 2.24) is 20.6 Å². The molecular formula is C44H46BrN5O9. The molecule has 2 atom stereocenters. The molecule has 14 nitrogen and oxygen atoms in total. The number of aliphatic carboxylic acids is 2. The van der Waals surface area contributed by atoms with E-state index in [-0.39, 0.29) is 45.1 Å². The largest absolute Gasteiger partial charge is 0.492 e. The van der Waals surface area contributed by atoms with Gasteiger partial charge in [0.15, 0.2) is 0 Å². The second-order valence-electron chi connectivity index (χ2n) is 13.8. The smallest absolute Gasteiger partial charge is 0.306 e. The summed E-state index contributed by atoms with van der Waals surface area (Å²) in [5, 5.41) is 52.9. The van der Waals surface area contributed by atoms with Crippen LogP contribution in [0.3, 0.4) is 0 Å². The zero-order chi connectivity index (χ0) is 42.3. The van der Waals surface area contributed by atoms with Crippen molar-refractivity contribution < 1.29 is 44.2 Å². The number of ether oxygens (including phenoxy) is 3. The van der Waals surface area contributed by atoms with E-state index in [1.165, 1.54) is 6.20 Å². The molecule has 0 fully saturated rings. The van der Waals surface area contributed by atoms with Crippen LogP contribution in [-0.4, -0.2) is 80.8 Å². The van der Waals surface area contributed by atoms with Gasteiger partial charge in [0.1, 0.15) is 31.6 Å². The first-order chi connectivity index (χ1) is 28.4. The highest BCUT2D eigenvalue weighted by Gasteiger charge is 2.18. The molecule has 308 valence electrons. The second kappa shape index (κ2) is 21.8. The third-order valence-electron chi connectivity index (χ3n) is 9.33. The number of benzene rings is 3. The summed E-state index contributed by atoms with van der Waals surface area (Å²) in [6.07, 6.45) is 0.335. The van der Waals surface area contributed by atoms with Crippen LogP contribution in [0.1, 0.15) is 46.2 Å². The number of aromatic nitrogens is 2. The van der Waals surface area contributed by atoms with E-state index >= 15 is 0 Å². The van der Waals surface area contributed by atoms with E-state index in [0.717, 1.165) is 38.9 Å². The van der Waals surface area contributed by atoms with Gasteiger partial charge in [-0.3, -0.25) is 14.6 Å². The highest BCUT2D eigenvalue weighted by Crippen LogP contribution is 2.36. The van der Waals surface area contributed by atoms with Crippen LogP contribution in [0, 0.1) is 25.2 Å². The van der Waals surface area contributed by atoms with Crippen LogP contribution in [0.25, 0.3) is 22.3 Å². The van der Waals surface area contributed by atoms with Gasteiger partial charge in [-0.25, -0.2) is 0 Å². The van der Waals surface area contributed by atoms with Crippen LogP contribution in [0.2, 0.25) is 0 Å². The Morgan fingerprint density at radius 1 is 0.780 bits per heavy atom. The van der Waals surface area contributed by atoms with Crippen LogP contribution in [0.4, 0.5) is 0 Å². The van der Waals surface area contributed by atoms with Gasteiger partial charge in [0.2, 0.25) is 11.8 Å². The first-order valence-electron chi connectivity index (χ1n) is 18.8.